The molecule has 0 bridgehead atoms. The van der Waals surface area contributed by atoms with Gasteiger partial charge in [-0.05, 0) is 12.5 Å². The molecule has 0 spiro atoms. The van der Waals surface area contributed by atoms with E-state index in [1.165, 1.54) is 6.20 Å². The molecule has 1 rings (SSSR count). The molecule has 0 atom stereocenters. The van der Waals surface area contributed by atoms with Gasteiger partial charge in [0.25, 0.3) is 0 Å². The predicted octanol–water partition coefficient (Wildman–Crippen LogP) is 2.85. The molecule has 0 radical (unpaired) electrons. The van der Waals surface area contributed by atoms with Gasteiger partial charge in [-0.15, -0.1) is 24.0 Å². The van der Waals surface area contributed by atoms with Crippen molar-refractivity contribution in [1.82, 2.24) is 10.3 Å². The van der Waals surface area contributed by atoms with Crippen LogP contribution in [0.2, 0.25) is 0 Å². The molecule has 0 aliphatic carbocycles. The SMILES string of the molecule is CCCCNC(N)=NCc1cccnc1OCC(F)(F)F.I. The fraction of sp³-hybridized carbons (Fsp3) is 0.538. The third-order valence-electron chi connectivity index (χ3n) is 2.48. The highest BCUT2D eigenvalue weighted by Crippen LogP contribution is 2.20. The Balaban J connectivity index is 0.00000441. The van der Waals surface area contributed by atoms with Crippen LogP contribution in [0.3, 0.4) is 0 Å². The third-order valence-corrected chi connectivity index (χ3v) is 2.48. The molecule has 0 aliphatic heterocycles. The number of guanidine groups is 1. The van der Waals surface area contributed by atoms with Crippen LogP contribution in [-0.4, -0.2) is 30.3 Å². The smallest absolute Gasteiger partial charge is 0.422 e. The van der Waals surface area contributed by atoms with Crippen molar-refractivity contribution >= 4 is 29.9 Å². The summed E-state index contributed by atoms with van der Waals surface area (Å²) in [6.45, 7) is 1.47. The standard InChI is InChI=1S/C13H19F3N4O.HI/c1-2-3-6-19-12(17)20-8-10-5-4-7-18-11(10)21-9-13(14,15)16;/h4-5,7H,2-3,6,8-9H2,1H3,(H3,17,19,20);1H. The molecular weight excluding hydrogens is 412 g/mol. The molecular formula is C13H20F3IN4O. The lowest BCUT2D eigenvalue weighted by molar-refractivity contribution is -0.154. The predicted molar refractivity (Wildman–Crippen MR) is 89.4 cm³/mol. The highest BCUT2D eigenvalue weighted by atomic mass is 127. The van der Waals surface area contributed by atoms with Crippen molar-refractivity contribution in [3.63, 3.8) is 0 Å². The topological polar surface area (TPSA) is 72.5 Å². The number of ether oxygens (including phenoxy) is 1. The first-order valence-electron chi connectivity index (χ1n) is 6.59. The summed E-state index contributed by atoms with van der Waals surface area (Å²) in [5.41, 5.74) is 6.10. The first-order chi connectivity index (χ1) is 9.92. The van der Waals surface area contributed by atoms with E-state index in [0.717, 1.165) is 12.8 Å². The summed E-state index contributed by atoms with van der Waals surface area (Å²) in [5.74, 6) is 0.161. The number of nitrogens with one attached hydrogen (secondary N) is 1. The Morgan fingerprint density at radius 2 is 2.18 bits per heavy atom. The monoisotopic (exact) mass is 432 g/mol. The van der Waals surface area contributed by atoms with Gasteiger partial charge in [0.2, 0.25) is 5.88 Å². The number of hydrogen-bond donors (Lipinski definition) is 2. The summed E-state index contributed by atoms with van der Waals surface area (Å²) in [6, 6.07) is 3.20. The first kappa shape index (κ1) is 20.7. The Labute approximate surface area is 144 Å². The molecule has 9 heteroatoms. The summed E-state index contributed by atoms with van der Waals surface area (Å²) in [4.78, 5) is 7.84. The number of hydrogen-bond acceptors (Lipinski definition) is 3. The maximum atomic E-state index is 12.1. The lowest BCUT2D eigenvalue weighted by Gasteiger charge is -2.11. The molecule has 0 fully saturated rings. The second kappa shape index (κ2) is 10.5. The molecule has 0 saturated carbocycles. The van der Waals surface area contributed by atoms with Crippen LogP contribution in [0.4, 0.5) is 13.2 Å². The van der Waals surface area contributed by atoms with E-state index in [1.807, 2.05) is 0 Å². The van der Waals surface area contributed by atoms with Crippen molar-refractivity contribution in [2.75, 3.05) is 13.2 Å². The maximum absolute atomic E-state index is 12.1. The van der Waals surface area contributed by atoms with Gasteiger partial charge in [0.15, 0.2) is 12.6 Å². The van der Waals surface area contributed by atoms with Gasteiger partial charge in [0.05, 0.1) is 6.54 Å². The molecule has 0 aromatic carbocycles. The maximum Gasteiger partial charge on any atom is 0.422 e. The number of nitrogens with zero attached hydrogens (tertiary/aromatic N) is 2. The van der Waals surface area contributed by atoms with Crippen molar-refractivity contribution in [1.29, 1.82) is 0 Å². The van der Waals surface area contributed by atoms with E-state index in [9.17, 15) is 13.2 Å². The molecule has 1 aromatic heterocycles. The van der Waals surface area contributed by atoms with Crippen molar-refractivity contribution in [2.45, 2.75) is 32.5 Å². The summed E-state index contributed by atoms with van der Waals surface area (Å²) >= 11 is 0. The van der Waals surface area contributed by atoms with E-state index in [-0.39, 0.29) is 42.4 Å². The van der Waals surface area contributed by atoms with Gasteiger partial charge in [-0.25, -0.2) is 9.98 Å². The zero-order valence-corrected chi connectivity index (χ0v) is 14.5. The fourth-order valence-electron chi connectivity index (χ4n) is 1.44. The van der Waals surface area contributed by atoms with E-state index in [0.29, 0.717) is 12.1 Å². The highest BCUT2D eigenvalue weighted by Gasteiger charge is 2.29. The number of pyridine rings is 1. The number of alkyl halides is 3. The molecule has 1 aromatic rings. The zero-order chi connectivity index (χ0) is 15.7. The molecule has 3 N–H and O–H groups in total. The van der Waals surface area contributed by atoms with Gasteiger partial charge in [0, 0.05) is 18.3 Å². The van der Waals surface area contributed by atoms with Gasteiger partial charge >= 0.3 is 6.18 Å². The molecule has 0 unspecified atom stereocenters. The molecule has 5 nitrogen and oxygen atoms in total. The Morgan fingerprint density at radius 1 is 1.45 bits per heavy atom. The van der Waals surface area contributed by atoms with Gasteiger partial charge in [-0.3, -0.25) is 0 Å². The number of nitrogens with two attached hydrogens (primary N) is 1. The number of halogens is 4. The zero-order valence-electron chi connectivity index (χ0n) is 12.2. The van der Waals surface area contributed by atoms with Gasteiger partial charge in [-0.2, -0.15) is 13.2 Å². The van der Waals surface area contributed by atoms with Crippen molar-refractivity contribution in [3.8, 4) is 5.88 Å². The van der Waals surface area contributed by atoms with Gasteiger partial charge < -0.3 is 15.8 Å². The van der Waals surface area contributed by atoms with Crippen molar-refractivity contribution in [3.05, 3.63) is 23.9 Å². The van der Waals surface area contributed by atoms with E-state index < -0.39 is 12.8 Å². The normalized spacial score (nSPS) is 11.7. The van der Waals surface area contributed by atoms with Crippen molar-refractivity contribution < 1.29 is 17.9 Å². The molecule has 0 amide bonds. The van der Waals surface area contributed by atoms with Crippen LogP contribution in [0.15, 0.2) is 23.3 Å². The Hall–Kier alpha value is -1.26. The highest BCUT2D eigenvalue weighted by molar-refractivity contribution is 14.0. The summed E-state index contributed by atoms with van der Waals surface area (Å²) in [7, 11) is 0. The number of aromatic nitrogens is 1. The lowest BCUT2D eigenvalue weighted by atomic mass is 10.3. The van der Waals surface area contributed by atoms with Crippen LogP contribution in [0.25, 0.3) is 0 Å². The molecule has 1 heterocycles. The van der Waals surface area contributed by atoms with E-state index in [4.69, 9.17) is 5.73 Å². The summed E-state index contributed by atoms with van der Waals surface area (Å²) in [6.07, 6.45) is -1.05. The summed E-state index contributed by atoms with van der Waals surface area (Å²) in [5, 5.41) is 2.92. The minimum Gasteiger partial charge on any atom is -0.468 e. The average molecular weight is 432 g/mol. The number of rotatable bonds is 7. The van der Waals surface area contributed by atoms with Crippen LogP contribution in [0, 0.1) is 0 Å². The number of aliphatic imine (C=N–C) groups is 1. The summed E-state index contributed by atoms with van der Waals surface area (Å²) < 4.78 is 41.1. The Kier molecular flexibility index (Phi) is 9.86. The average Bonchev–Trinajstić information content (AvgIpc) is 2.43. The lowest BCUT2D eigenvalue weighted by Crippen LogP contribution is -2.32. The molecule has 22 heavy (non-hydrogen) atoms. The minimum absolute atomic E-state index is 0. The van der Waals surface area contributed by atoms with Crippen LogP contribution < -0.4 is 15.8 Å². The van der Waals surface area contributed by atoms with Gasteiger partial charge in [0.1, 0.15) is 0 Å². The van der Waals surface area contributed by atoms with Crippen LogP contribution in [-0.2, 0) is 6.54 Å². The molecule has 0 saturated heterocycles. The quantitative estimate of drug-likeness (QED) is 0.301. The molecule has 126 valence electrons. The second-order valence-corrected chi connectivity index (χ2v) is 4.35. The first-order valence-corrected chi connectivity index (χ1v) is 6.59. The largest absolute Gasteiger partial charge is 0.468 e. The minimum atomic E-state index is -4.40. The Morgan fingerprint density at radius 3 is 2.82 bits per heavy atom. The number of unbranched alkanes of at least 4 members (excludes halogenated alkanes) is 1. The fourth-order valence-corrected chi connectivity index (χ4v) is 1.44. The van der Waals surface area contributed by atoms with E-state index in [2.05, 4.69) is 27.0 Å². The van der Waals surface area contributed by atoms with Crippen molar-refractivity contribution in [2.24, 2.45) is 10.7 Å². The second-order valence-electron chi connectivity index (χ2n) is 4.35. The molecule has 0 aliphatic rings. The van der Waals surface area contributed by atoms with Gasteiger partial charge in [-0.1, -0.05) is 19.4 Å². The third kappa shape index (κ3) is 8.90. The van der Waals surface area contributed by atoms with E-state index >= 15 is 0 Å². The Bertz CT molecular complexity index is 469. The van der Waals surface area contributed by atoms with E-state index in [1.54, 1.807) is 12.1 Å². The van der Waals surface area contributed by atoms with Crippen LogP contribution in [0.5, 0.6) is 5.88 Å². The van der Waals surface area contributed by atoms with Crippen LogP contribution in [0.1, 0.15) is 25.3 Å². The van der Waals surface area contributed by atoms with Crippen LogP contribution >= 0.6 is 24.0 Å².